The Labute approximate surface area is 178 Å². The summed E-state index contributed by atoms with van der Waals surface area (Å²) in [6, 6.07) is 10.5. The van der Waals surface area contributed by atoms with Crippen molar-refractivity contribution in [2.75, 3.05) is 26.2 Å². The first-order valence-electron chi connectivity index (χ1n) is 9.81. The summed E-state index contributed by atoms with van der Waals surface area (Å²) in [6.07, 6.45) is 0.868. The number of hydrogen-bond acceptors (Lipinski definition) is 4. The van der Waals surface area contributed by atoms with Gasteiger partial charge in [0, 0.05) is 35.8 Å². The van der Waals surface area contributed by atoms with Crippen LogP contribution in [-0.4, -0.2) is 69.7 Å². The molecule has 0 aromatic heterocycles. The highest BCUT2D eigenvalue weighted by Gasteiger charge is 2.52. The van der Waals surface area contributed by atoms with E-state index in [4.69, 9.17) is 11.6 Å². The Morgan fingerprint density at radius 3 is 2.43 bits per heavy atom. The van der Waals surface area contributed by atoms with Gasteiger partial charge in [0.25, 0.3) is 11.8 Å². The van der Waals surface area contributed by atoms with Crippen LogP contribution in [0.5, 0.6) is 0 Å². The van der Waals surface area contributed by atoms with E-state index in [1.54, 1.807) is 41.3 Å². The quantitative estimate of drug-likeness (QED) is 0.777. The molecular formula is C22H22ClFN2O4. The monoisotopic (exact) mass is 432 g/mol. The average molecular weight is 433 g/mol. The van der Waals surface area contributed by atoms with Crippen molar-refractivity contribution in [1.29, 1.82) is 0 Å². The summed E-state index contributed by atoms with van der Waals surface area (Å²) < 4.78 is 14.1. The number of aliphatic hydroxyl groups is 2. The molecule has 1 atom stereocenters. The van der Waals surface area contributed by atoms with Crippen LogP contribution < -0.4 is 0 Å². The van der Waals surface area contributed by atoms with Crippen LogP contribution in [0.1, 0.15) is 23.2 Å². The highest BCUT2D eigenvalue weighted by Crippen LogP contribution is 2.37. The Morgan fingerprint density at radius 2 is 1.83 bits per heavy atom. The predicted octanol–water partition coefficient (Wildman–Crippen LogP) is 2.32. The SMILES string of the molecule is O=C(c1ccc(-c2ccc(Cl)cc2F)cc1)N1CCN(C(=O)C2(O)CC2)[C@H](CO)C1. The van der Waals surface area contributed by atoms with Crippen molar-refractivity contribution in [3.8, 4) is 11.1 Å². The second-order valence-corrected chi connectivity index (χ2v) is 8.26. The Morgan fingerprint density at radius 1 is 1.13 bits per heavy atom. The molecule has 1 heterocycles. The molecule has 0 spiro atoms. The number of benzene rings is 2. The predicted molar refractivity (Wildman–Crippen MR) is 110 cm³/mol. The zero-order chi connectivity index (χ0) is 21.5. The molecule has 30 heavy (non-hydrogen) atoms. The number of nitrogens with zero attached hydrogens (tertiary/aromatic N) is 2. The Hall–Kier alpha value is -2.48. The minimum atomic E-state index is -1.30. The van der Waals surface area contributed by atoms with E-state index in [1.807, 2.05) is 0 Å². The van der Waals surface area contributed by atoms with Crippen molar-refractivity contribution in [2.45, 2.75) is 24.5 Å². The first-order chi connectivity index (χ1) is 14.3. The lowest BCUT2D eigenvalue weighted by Gasteiger charge is -2.41. The summed E-state index contributed by atoms with van der Waals surface area (Å²) in [7, 11) is 0. The molecule has 1 saturated heterocycles. The van der Waals surface area contributed by atoms with Crippen LogP contribution in [-0.2, 0) is 4.79 Å². The van der Waals surface area contributed by atoms with Crippen LogP contribution in [0.25, 0.3) is 11.1 Å². The van der Waals surface area contributed by atoms with Gasteiger partial charge in [0.2, 0.25) is 0 Å². The number of hydrogen-bond donors (Lipinski definition) is 2. The minimum absolute atomic E-state index is 0.185. The number of rotatable bonds is 4. The number of carbonyl (C=O) groups is 2. The summed E-state index contributed by atoms with van der Waals surface area (Å²) in [5.41, 5.74) is 0.156. The summed E-state index contributed by atoms with van der Waals surface area (Å²) in [4.78, 5) is 28.4. The lowest BCUT2D eigenvalue weighted by molar-refractivity contribution is -0.148. The van der Waals surface area contributed by atoms with Crippen molar-refractivity contribution in [2.24, 2.45) is 0 Å². The molecule has 6 nitrogen and oxygen atoms in total. The van der Waals surface area contributed by atoms with Crippen molar-refractivity contribution < 1.29 is 24.2 Å². The standard InChI is InChI=1S/C22H22ClFN2O4/c23-16-5-6-18(19(24)11-16)14-1-3-15(4-2-14)20(28)25-9-10-26(17(12-25)13-27)21(29)22(30)7-8-22/h1-6,11,17,27,30H,7-10,12-13H2/t17-/m0/s1. The Bertz CT molecular complexity index is 978. The van der Waals surface area contributed by atoms with E-state index in [-0.39, 0.29) is 31.5 Å². The Balaban J connectivity index is 1.46. The number of aliphatic hydroxyl groups excluding tert-OH is 1. The highest BCUT2D eigenvalue weighted by molar-refractivity contribution is 6.30. The minimum Gasteiger partial charge on any atom is -0.394 e. The van der Waals surface area contributed by atoms with Gasteiger partial charge in [-0.3, -0.25) is 9.59 Å². The fourth-order valence-corrected chi connectivity index (χ4v) is 3.92. The van der Waals surface area contributed by atoms with E-state index in [1.165, 1.54) is 11.0 Å². The van der Waals surface area contributed by atoms with Gasteiger partial charge in [-0.05, 0) is 48.7 Å². The van der Waals surface area contributed by atoms with Crippen LogP contribution in [0.2, 0.25) is 5.02 Å². The number of piperazine rings is 1. The molecule has 1 aliphatic heterocycles. The summed E-state index contributed by atoms with van der Waals surface area (Å²) >= 11 is 5.79. The van der Waals surface area contributed by atoms with Crippen molar-refractivity contribution in [3.05, 3.63) is 58.9 Å². The zero-order valence-corrected chi connectivity index (χ0v) is 17.0. The molecule has 2 aromatic carbocycles. The van der Waals surface area contributed by atoms with Crippen molar-refractivity contribution in [1.82, 2.24) is 9.80 Å². The van der Waals surface area contributed by atoms with Gasteiger partial charge in [-0.25, -0.2) is 4.39 Å². The maximum absolute atomic E-state index is 14.1. The fraction of sp³-hybridized carbons (Fsp3) is 0.364. The number of halogens is 2. The second-order valence-electron chi connectivity index (χ2n) is 7.82. The lowest BCUT2D eigenvalue weighted by Crippen LogP contribution is -2.60. The lowest BCUT2D eigenvalue weighted by atomic mass is 10.0. The summed E-state index contributed by atoms with van der Waals surface area (Å²) in [6.45, 7) is 0.460. The van der Waals surface area contributed by atoms with Crippen LogP contribution in [0.3, 0.4) is 0 Å². The summed E-state index contributed by atoms with van der Waals surface area (Å²) in [5.74, 6) is -1.04. The molecule has 2 amide bonds. The van der Waals surface area contributed by atoms with Crippen LogP contribution in [0, 0.1) is 5.82 Å². The van der Waals surface area contributed by atoms with E-state index < -0.39 is 17.5 Å². The molecule has 2 aliphatic rings. The molecule has 2 fully saturated rings. The second kappa shape index (κ2) is 7.98. The zero-order valence-electron chi connectivity index (χ0n) is 16.2. The summed E-state index contributed by atoms with van der Waals surface area (Å²) in [5, 5.41) is 20.1. The first kappa shape index (κ1) is 20.8. The molecule has 158 valence electrons. The van der Waals surface area contributed by atoms with Crippen LogP contribution in [0.15, 0.2) is 42.5 Å². The van der Waals surface area contributed by atoms with Crippen molar-refractivity contribution in [3.63, 3.8) is 0 Å². The van der Waals surface area contributed by atoms with E-state index in [0.29, 0.717) is 41.1 Å². The molecule has 2 N–H and O–H groups in total. The highest BCUT2D eigenvalue weighted by atomic mass is 35.5. The van der Waals surface area contributed by atoms with Crippen LogP contribution in [0.4, 0.5) is 4.39 Å². The molecule has 0 bridgehead atoms. The van der Waals surface area contributed by atoms with Gasteiger partial charge in [-0.1, -0.05) is 23.7 Å². The normalized spacial score (nSPS) is 20.2. The molecule has 0 radical (unpaired) electrons. The van der Waals surface area contributed by atoms with E-state index >= 15 is 0 Å². The first-order valence-corrected chi connectivity index (χ1v) is 10.2. The van der Waals surface area contributed by atoms with Gasteiger partial charge < -0.3 is 20.0 Å². The van der Waals surface area contributed by atoms with Gasteiger partial charge in [0.05, 0.1) is 12.6 Å². The van der Waals surface area contributed by atoms with E-state index in [2.05, 4.69) is 0 Å². The van der Waals surface area contributed by atoms with Gasteiger partial charge in [-0.15, -0.1) is 0 Å². The third-order valence-electron chi connectivity index (χ3n) is 5.74. The molecule has 2 aromatic rings. The maximum atomic E-state index is 14.1. The van der Waals surface area contributed by atoms with Crippen LogP contribution >= 0.6 is 11.6 Å². The molecule has 1 saturated carbocycles. The molecule has 8 heteroatoms. The number of carbonyl (C=O) groups excluding carboxylic acids is 2. The maximum Gasteiger partial charge on any atom is 0.254 e. The largest absolute Gasteiger partial charge is 0.394 e. The molecule has 1 aliphatic carbocycles. The number of amides is 2. The molecule has 4 rings (SSSR count). The molecule has 0 unspecified atom stereocenters. The topological polar surface area (TPSA) is 81.1 Å². The van der Waals surface area contributed by atoms with Gasteiger partial charge in [0.15, 0.2) is 0 Å². The average Bonchev–Trinajstić information content (AvgIpc) is 3.51. The van der Waals surface area contributed by atoms with E-state index in [0.717, 1.165) is 0 Å². The van der Waals surface area contributed by atoms with Gasteiger partial charge in [-0.2, -0.15) is 0 Å². The fourth-order valence-electron chi connectivity index (χ4n) is 3.76. The third kappa shape index (κ3) is 3.93. The van der Waals surface area contributed by atoms with Crippen molar-refractivity contribution >= 4 is 23.4 Å². The van der Waals surface area contributed by atoms with Gasteiger partial charge in [0.1, 0.15) is 11.4 Å². The third-order valence-corrected chi connectivity index (χ3v) is 5.97. The molecular weight excluding hydrogens is 411 g/mol. The van der Waals surface area contributed by atoms with E-state index in [9.17, 15) is 24.2 Å². The smallest absolute Gasteiger partial charge is 0.254 e. The van der Waals surface area contributed by atoms with Gasteiger partial charge >= 0.3 is 0 Å². The Kier molecular flexibility index (Phi) is 5.53.